The molecule has 1 aromatic heterocycles. The molecule has 0 unspecified atom stereocenters. The zero-order valence-electron chi connectivity index (χ0n) is 14.9. The summed E-state index contributed by atoms with van der Waals surface area (Å²) < 4.78 is 2.06. The van der Waals surface area contributed by atoms with E-state index in [1.165, 1.54) is 18.3 Å². The van der Waals surface area contributed by atoms with E-state index < -0.39 is 4.92 Å². The first kappa shape index (κ1) is 18.1. The van der Waals surface area contributed by atoms with Gasteiger partial charge in [0.05, 0.1) is 11.1 Å². The molecule has 0 bridgehead atoms. The van der Waals surface area contributed by atoms with E-state index in [1.54, 1.807) is 24.3 Å². The van der Waals surface area contributed by atoms with Gasteiger partial charge in [0.2, 0.25) is 0 Å². The fraction of sp³-hybridized carbons (Fsp3) is 0.100. The van der Waals surface area contributed by atoms with E-state index in [-0.39, 0.29) is 11.6 Å². The van der Waals surface area contributed by atoms with Crippen molar-refractivity contribution in [1.82, 2.24) is 9.99 Å². The molecule has 1 N–H and O–H groups in total. The van der Waals surface area contributed by atoms with Crippen LogP contribution in [0.4, 0.5) is 5.69 Å². The van der Waals surface area contributed by atoms with E-state index in [1.807, 2.05) is 38.1 Å². The first-order valence-corrected chi connectivity index (χ1v) is 8.29. The summed E-state index contributed by atoms with van der Waals surface area (Å²) in [6.07, 6.45) is 1.37. The first-order chi connectivity index (χ1) is 13.0. The summed E-state index contributed by atoms with van der Waals surface area (Å²) in [6.45, 7) is 4.01. The molecule has 0 spiro atoms. The first-order valence-electron chi connectivity index (χ1n) is 8.29. The Morgan fingerprint density at radius 3 is 2.48 bits per heavy atom. The van der Waals surface area contributed by atoms with Crippen LogP contribution in [-0.4, -0.2) is 21.6 Å². The highest BCUT2D eigenvalue weighted by atomic mass is 16.6. The summed E-state index contributed by atoms with van der Waals surface area (Å²) >= 11 is 0. The number of nitrogens with one attached hydrogen (secondary N) is 1. The lowest BCUT2D eigenvalue weighted by Gasteiger charge is -2.10. The maximum absolute atomic E-state index is 12.4. The van der Waals surface area contributed by atoms with E-state index in [2.05, 4.69) is 15.1 Å². The standard InChI is InChI=1S/C20H18N4O3/c1-14-9-10-15(2)23(14)18-7-4-6-17(12-18)20(25)22-21-13-16-5-3-8-19(11-16)24(26)27/h3-13H,1-2H3,(H,22,25)/b21-13-. The minimum absolute atomic E-state index is 0.0320. The van der Waals surface area contributed by atoms with E-state index in [0.717, 1.165) is 17.1 Å². The Morgan fingerprint density at radius 1 is 1.07 bits per heavy atom. The van der Waals surface area contributed by atoms with Crippen LogP contribution >= 0.6 is 0 Å². The molecular weight excluding hydrogens is 344 g/mol. The van der Waals surface area contributed by atoms with Crippen LogP contribution in [0.15, 0.2) is 65.8 Å². The van der Waals surface area contributed by atoms with Gasteiger partial charge in [-0.2, -0.15) is 5.10 Å². The SMILES string of the molecule is Cc1ccc(C)n1-c1cccc(C(=O)N/N=C\c2cccc([N+](=O)[O-])c2)c1. The van der Waals surface area contributed by atoms with Gasteiger partial charge in [0, 0.05) is 40.3 Å². The molecule has 1 heterocycles. The molecule has 0 aliphatic rings. The highest BCUT2D eigenvalue weighted by molar-refractivity contribution is 5.95. The maximum atomic E-state index is 12.4. The predicted molar refractivity (Wildman–Crippen MR) is 103 cm³/mol. The van der Waals surface area contributed by atoms with E-state index in [9.17, 15) is 14.9 Å². The number of nitro benzene ring substituents is 1. The van der Waals surface area contributed by atoms with Gasteiger partial charge in [-0.05, 0) is 44.2 Å². The van der Waals surface area contributed by atoms with Crippen LogP contribution in [0.25, 0.3) is 5.69 Å². The van der Waals surface area contributed by atoms with Crippen LogP contribution in [0.2, 0.25) is 0 Å². The Balaban J connectivity index is 1.74. The monoisotopic (exact) mass is 362 g/mol. The van der Waals surface area contributed by atoms with Crippen molar-refractivity contribution in [3.8, 4) is 5.69 Å². The number of carbonyl (C=O) groups is 1. The summed E-state index contributed by atoms with van der Waals surface area (Å²) in [6, 6.07) is 17.3. The topological polar surface area (TPSA) is 89.5 Å². The molecule has 0 aliphatic carbocycles. The predicted octanol–water partition coefficient (Wildman–Crippen LogP) is 3.77. The molecule has 3 aromatic rings. The summed E-state index contributed by atoms with van der Waals surface area (Å²) in [7, 11) is 0. The number of hydrogen-bond acceptors (Lipinski definition) is 4. The summed E-state index contributed by atoms with van der Waals surface area (Å²) in [5.74, 6) is -0.360. The number of nitro groups is 1. The van der Waals surface area contributed by atoms with Crippen molar-refractivity contribution < 1.29 is 9.72 Å². The molecule has 3 rings (SSSR count). The van der Waals surface area contributed by atoms with Gasteiger partial charge in [-0.3, -0.25) is 14.9 Å². The Bertz CT molecular complexity index is 1020. The average molecular weight is 362 g/mol. The Kier molecular flexibility index (Phi) is 5.12. The van der Waals surface area contributed by atoms with Gasteiger partial charge in [-0.15, -0.1) is 0 Å². The molecule has 1 amide bonds. The van der Waals surface area contributed by atoms with Gasteiger partial charge in [0.1, 0.15) is 0 Å². The van der Waals surface area contributed by atoms with Crippen molar-refractivity contribution in [3.63, 3.8) is 0 Å². The minimum atomic E-state index is -0.480. The number of hydrogen-bond donors (Lipinski definition) is 1. The van der Waals surface area contributed by atoms with Gasteiger partial charge in [0.15, 0.2) is 0 Å². The second-order valence-electron chi connectivity index (χ2n) is 6.05. The Morgan fingerprint density at radius 2 is 1.78 bits per heavy atom. The number of non-ortho nitro benzene ring substituents is 1. The molecule has 0 radical (unpaired) electrons. The summed E-state index contributed by atoms with van der Waals surface area (Å²) in [4.78, 5) is 22.7. The highest BCUT2D eigenvalue weighted by Gasteiger charge is 2.09. The van der Waals surface area contributed by atoms with Crippen molar-refractivity contribution >= 4 is 17.8 Å². The number of hydrazone groups is 1. The van der Waals surface area contributed by atoms with Crippen LogP contribution in [0.5, 0.6) is 0 Å². The molecule has 27 heavy (non-hydrogen) atoms. The molecule has 0 saturated heterocycles. The second kappa shape index (κ2) is 7.65. The van der Waals surface area contributed by atoms with Crippen molar-refractivity contribution in [2.75, 3.05) is 0 Å². The fourth-order valence-corrected chi connectivity index (χ4v) is 2.81. The normalized spacial score (nSPS) is 10.9. The summed E-state index contributed by atoms with van der Waals surface area (Å²) in [5, 5.41) is 14.7. The van der Waals surface area contributed by atoms with Crippen LogP contribution in [0.1, 0.15) is 27.3 Å². The van der Waals surface area contributed by atoms with Crippen molar-refractivity contribution in [3.05, 3.63) is 93.3 Å². The number of carbonyl (C=O) groups excluding carboxylic acids is 1. The third-order valence-electron chi connectivity index (χ3n) is 4.10. The Labute approximate surface area is 156 Å². The van der Waals surface area contributed by atoms with E-state index in [4.69, 9.17) is 0 Å². The lowest BCUT2D eigenvalue weighted by atomic mass is 10.2. The number of nitrogens with zero attached hydrogens (tertiary/aromatic N) is 3. The lowest BCUT2D eigenvalue weighted by Crippen LogP contribution is -2.18. The minimum Gasteiger partial charge on any atom is -0.318 e. The van der Waals surface area contributed by atoms with Crippen LogP contribution in [0, 0.1) is 24.0 Å². The largest absolute Gasteiger partial charge is 0.318 e. The van der Waals surface area contributed by atoms with Gasteiger partial charge < -0.3 is 4.57 Å². The molecule has 0 saturated carbocycles. The molecule has 136 valence electrons. The number of amides is 1. The number of benzene rings is 2. The molecule has 0 fully saturated rings. The molecule has 2 aromatic carbocycles. The lowest BCUT2D eigenvalue weighted by molar-refractivity contribution is -0.384. The molecule has 7 heteroatoms. The van der Waals surface area contributed by atoms with E-state index in [0.29, 0.717) is 11.1 Å². The van der Waals surface area contributed by atoms with Gasteiger partial charge in [0.25, 0.3) is 11.6 Å². The number of aryl methyl sites for hydroxylation is 2. The number of aromatic nitrogens is 1. The van der Waals surface area contributed by atoms with Gasteiger partial charge in [-0.25, -0.2) is 5.43 Å². The molecule has 0 aliphatic heterocycles. The average Bonchev–Trinajstić information content (AvgIpc) is 3.00. The zero-order chi connectivity index (χ0) is 19.4. The van der Waals surface area contributed by atoms with Crippen molar-refractivity contribution in [1.29, 1.82) is 0 Å². The second-order valence-corrected chi connectivity index (χ2v) is 6.05. The third kappa shape index (κ3) is 4.09. The Hall–Kier alpha value is -3.74. The highest BCUT2D eigenvalue weighted by Crippen LogP contribution is 2.17. The van der Waals surface area contributed by atoms with Crippen molar-refractivity contribution in [2.45, 2.75) is 13.8 Å². The smallest absolute Gasteiger partial charge is 0.271 e. The number of rotatable bonds is 5. The zero-order valence-corrected chi connectivity index (χ0v) is 14.9. The molecule has 7 nitrogen and oxygen atoms in total. The molecular formula is C20H18N4O3. The maximum Gasteiger partial charge on any atom is 0.271 e. The van der Waals surface area contributed by atoms with Crippen molar-refractivity contribution in [2.24, 2.45) is 5.10 Å². The van der Waals surface area contributed by atoms with Crippen LogP contribution < -0.4 is 5.43 Å². The molecule has 0 atom stereocenters. The summed E-state index contributed by atoms with van der Waals surface area (Å²) in [5.41, 5.74) is 6.46. The van der Waals surface area contributed by atoms with Gasteiger partial charge >= 0.3 is 0 Å². The van der Waals surface area contributed by atoms with E-state index >= 15 is 0 Å². The fourth-order valence-electron chi connectivity index (χ4n) is 2.81. The van der Waals surface area contributed by atoms with Gasteiger partial charge in [-0.1, -0.05) is 18.2 Å². The van der Waals surface area contributed by atoms with Crippen LogP contribution in [0.3, 0.4) is 0 Å². The quantitative estimate of drug-likeness (QED) is 0.426. The van der Waals surface area contributed by atoms with Crippen LogP contribution in [-0.2, 0) is 0 Å². The third-order valence-corrected chi connectivity index (χ3v) is 4.10.